The van der Waals surface area contributed by atoms with Crippen LogP contribution < -0.4 is 0 Å². The van der Waals surface area contributed by atoms with Crippen LogP contribution in [0, 0.1) is 54.1 Å². The van der Waals surface area contributed by atoms with Gasteiger partial charge in [0.2, 0.25) is 0 Å². The second-order valence-electron chi connectivity index (χ2n) is 37.4. The van der Waals surface area contributed by atoms with Crippen molar-refractivity contribution in [2.75, 3.05) is 0 Å². The molecular weight excluding hydrogens is 2710 g/mol. The summed E-state index contributed by atoms with van der Waals surface area (Å²) in [6, 6.07) is 154. The van der Waals surface area contributed by atoms with E-state index in [9.17, 15) is 19.0 Å². The first-order valence-electron chi connectivity index (χ1n) is 47.5. The summed E-state index contributed by atoms with van der Waals surface area (Å²) in [4.78, 5) is 31.9. The molecule has 737 valence electrons. The molecule has 7 aromatic heterocycles. The predicted octanol–water partition coefficient (Wildman–Crippen LogP) is 31.8. The maximum Gasteiger partial charge on any atom is 2.00 e. The number of hydrogen-bond donors (Lipinski definition) is 2. The van der Waals surface area contributed by atoms with E-state index in [0.29, 0.717) is 11.1 Å². The first-order valence-corrected chi connectivity index (χ1v) is 47.5. The van der Waals surface area contributed by atoms with Crippen LogP contribution >= 0.6 is 0 Å². The minimum absolute atomic E-state index is 0. The molecule has 9 nitrogen and oxygen atoms in total. The molecule has 0 aliphatic heterocycles. The zero-order chi connectivity index (χ0) is 98.1. The van der Waals surface area contributed by atoms with Gasteiger partial charge in [0.05, 0.1) is 6.20 Å². The second-order valence-corrected chi connectivity index (χ2v) is 37.4. The number of rotatable bonds is 14. The summed E-state index contributed by atoms with van der Waals surface area (Å²) in [7, 11) is 0. The van der Waals surface area contributed by atoms with Crippen molar-refractivity contribution in [2.24, 2.45) is 0 Å². The summed E-state index contributed by atoms with van der Waals surface area (Å²) in [6.45, 7) is 17.8. The molecule has 7 heterocycles. The van der Waals surface area contributed by atoms with Crippen molar-refractivity contribution >= 4 is 59.6 Å². The van der Waals surface area contributed by atoms with Gasteiger partial charge in [0.25, 0.3) is 0 Å². The number of halogens is 2. The van der Waals surface area contributed by atoms with E-state index in [-0.39, 0.29) is 142 Å². The third-order valence-electron chi connectivity index (χ3n) is 25.2. The van der Waals surface area contributed by atoms with E-state index in [1.807, 2.05) is 201 Å². The van der Waals surface area contributed by atoms with Gasteiger partial charge in [-0.15, -0.1) is 217 Å². The molecule has 23 rings (SSSR count). The quantitative estimate of drug-likeness (QED) is 0.0621. The smallest absolute Gasteiger partial charge is 0.508 e. The van der Waals surface area contributed by atoms with Crippen LogP contribution in [0.25, 0.3) is 138 Å². The van der Waals surface area contributed by atoms with Crippen LogP contribution in [0.2, 0.25) is 0 Å². The molecule has 0 bridgehead atoms. The fraction of sp³-hybridized carbons (Fsp3) is 0.107. The standard InChI is InChI=1S/C37H36N2.C31H20N2.C19H12N.C18H13FN.C15H14O2.C11H7FN.3Ir.2Pt/c1-36(2,3)30-23-29(24-31(25-30)37(4,5)6)35(28-17-12-16-27(22-28)32-18-10-11-21-38-32)34-20-13-19-33(39-34)26-14-8-7-9-15-26;1-3-11-26-24(9-1)18-22(20-28(26)30-13-5-7-15-32-30)17-23-19-25-10-2-4-12-27(25)29(21-23)31-14-6-8-16-33-31;1-2-7-15-13-18-16(12-14(15)6-1)8-5-9-17(18)19-10-3-4-11-20-19;1-18(2)13-7-3-5-11-9-10-20-17(15(11)13)12-6-4-8-14(19)16(12)18;16-14(12-7-3-1-4-8-12)11-15(17)13-9-5-2-6-10-13;12-10-6-7-11(13-8-10)9-4-2-1-3-5-9;;;;;/h7-14,16-21,23-25,35H,1-6H3;1-16,18-19H,17H2;1-8,10-13H;3-5,7-10H,1-2H3;1-11,14,16-17H;1-4,6-8H;;;;;/q2*-2;2*-1;;-1;;;;2*+2. The Bertz CT molecular complexity index is 7930. The van der Waals surface area contributed by atoms with Crippen molar-refractivity contribution in [2.45, 2.75) is 90.1 Å². The van der Waals surface area contributed by atoms with E-state index in [0.717, 1.165) is 140 Å². The molecule has 0 fully saturated rings. The number of aliphatic hydroxyl groups excluding tert-OH is 2. The van der Waals surface area contributed by atoms with Crippen LogP contribution in [0.15, 0.2) is 438 Å². The topological polar surface area (TPSA) is 131 Å². The Labute approximate surface area is 929 Å². The van der Waals surface area contributed by atoms with Crippen LogP contribution in [-0.4, -0.2) is 45.1 Å². The van der Waals surface area contributed by atoms with E-state index < -0.39 is 6.10 Å². The molecule has 2 atom stereocenters. The van der Waals surface area contributed by atoms with E-state index in [4.69, 9.17) is 4.98 Å². The SMILES string of the molecule is CC(C)(C)c1cc(C(c2[c-]c(-c3ccccn3)ccc2)c2cccc(-c3[c-]cccc3)n2)cc(C(C)(C)C)c1.CC1(C)c2c([c-]ccc2F)-c2nccc3cccc1c23.Fc1ccc(-c2[c-]cccc2)nc1.OC(=CC(O)c1ccccc1)c1ccccc1.[Ir].[Ir].[Ir].[Pt+2].[Pt+2].[c-]1c(Cc2[c-]c(-c3ccccn3)c3ccccc3c2)cc2ccccc2c1-c1ccccn1.[c-]1ccc2cc3ccccc3cc2c1-c1ccccn1. The third kappa shape index (κ3) is 26.9. The minimum atomic E-state index is -0.795. The molecule has 2 N–H and O–H groups in total. The molecule has 0 saturated carbocycles. The molecule has 16 heteroatoms. The summed E-state index contributed by atoms with van der Waals surface area (Å²) in [5.74, 6) is -0.514. The fourth-order valence-electron chi connectivity index (χ4n) is 17.9. The van der Waals surface area contributed by atoms with Crippen LogP contribution in [0.5, 0.6) is 0 Å². The molecule has 0 amide bonds. The van der Waals surface area contributed by atoms with Crippen molar-refractivity contribution in [1.29, 1.82) is 0 Å². The Balaban J connectivity index is 0.000000152. The number of hydrogen-bond acceptors (Lipinski definition) is 9. The van der Waals surface area contributed by atoms with Gasteiger partial charge in [-0.1, -0.05) is 326 Å². The van der Waals surface area contributed by atoms with Gasteiger partial charge in [-0.25, -0.2) is 8.78 Å². The van der Waals surface area contributed by atoms with E-state index in [1.165, 1.54) is 73.4 Å². The Morgan fingerprint density at radius 2 is 0.844 bits per heavy atom. The number of fused-ring (bicyclic) bond motifs is 6. The Morgan fingerprint density at radius 1 is 0.367 bits per heavy atom. The number of aromatic nitrogens is 7. The van der Waals surface area contributed by atoms with Crippen molar-refractivity contribution < 1.29 is 121 Å². The number of nitrogens with zero attached hydrogens (tertiary/aromatic N) is 7. The molecule has 22 aromatic rings. The molecular formula is C131H102F2Ir3N7O2Pt2-3. The summed E-state index contributed by atoms with van der Waals surface area (Å²) in [6.07, 6.45) is 11.7. The zero-order valence-corrected chi connectivity index (χ0v) is 93.6. The molecule has 15 aromatic carbocycles. The van der Waals surface area contributed by atoms with Gasteiger partial charge in [-0.2, -0.15) is 0 Å². The Kier molecular flexibility index (Phi) is 38.4. The maximum absolute atomic E-state index is 14.4. The largest absolute Gasteiger partial charge is 2.00 e. The van der Waals surface area contributed by atoms with Crippen LogP contribution in [0.3, 0.4) is 0 Å². The number of aliphatic hydroxyl groups is 2. The molecule has 0 spiro atoms. The first-order chi connectivity index (χ1) is 69.1. The maximum atomic E-state index is 14.4. The summed E-state index contributed by atoms with van der Waals surface area (Å²) in [5.41, 5.74) is 24.1. The summed E-state index contributed by atoms with van der Waals surface area (Å²) in [5, 5.41) is 31.7. The summed E-state index contributed by atoms with van der Waals surface area (Å²) >= 11 is 0. The number of benzene rings is 15. The van der Waals surface area contributed by atoms with Gasteiger partial charge < -0.3 is 45.1 Å². The molecule has 3 radical (unpaired) electrons. The second kappa shape index (κ2) is 51.1. The van der Waals surface area contributed by atoms with Gasteiger partial charge in [0.15, 0.2) is 0 Å². The number of pyridine rings is 7. The molecule has 2 unspecified atom stereocenters. The van der Waals surface area contributed by atoms with Gasteiger partial charge in [-0.3, -0.25) is 0 Å². The van der Waals surface area contributed by atoms with Crippen molar-refractivity contribution in [3.8, 4) is 78.8 Å². The Morgan fingerprint density at radius 3 is 1.40 bits per heavy atom. The molecule has 147 heavy (non-hydrogen) atoms. The van der Waals surface area contributed by atoms with Gasteiger partial charge in [0.1, 0.15) is 17.7 Å². The van der Waals surface area contributed by atoms with Crippen LogP contribution in [-0.2, 0) is 125 Å². The zero-order valence-electron chi connectivity index (χ0n) is 81.8. The van der Waals surface area contributed by atoms with E-state index >= 15 is 0 Å². The fourth-order valence-corrected chi connectivity index (χ4v) is 17.9. The van der Waals surface area contributed by atoms with Gasteiger partial charge in [0, 0.05) is 114 Å². The van der Waals surface area contributed by atoms with E-state index in [1.54, 1.807) is 36.5 Å². The van der Waals surface area contributed by atoms with Crippen LogP contribution in [0.4, 0.5) is 8.78 Å². The Hall–Kier alpha value is -13.7. The predicted molar refractivity (Wildman–Crippen MR) is 575 cm³/mol. The molecule has 1 aliphatic rings. The van der Waals surface area contributed by atoms with Gasteiger partial charge >= 0.3 is 42.1 Å². The third-order valence-corrected chi connectivity index (χ3v) is 25.2. The average molecular weight is 2810 g/mol. The molecule has 0 saturated heterocycles. The van der Waals surface area contributed by atoms with Gasteiger partial charge in [-0.05, 0) is 160 Å². The molecule has 1 aliphatic carbocycles. The van der Waals surface area contributed by atoms with E-state index in [2.05, 4.69) is 304 Å². The summed E-state index contributed by atoms with van der Waals surface area (Å²) < 4.78 is 26.9. The average Bonchev–Trinajstić information content (AvgIpc) is 0.713. The minimum Gasteiger partial charge on any atom is -0.508 e. The first kappa shape index (κ1) is 111. The van der Waals surface area contributed by atoms with Crippen molar-refractivity contribution in [3.63, 3.8) is 0 Å². The monoisotopic (exact) mass is 2810 g/mol. The van der Waals surface area contributed by atoms with Crippen LogP contribution in [0.1, 0.15) is 129 Å². The normalized spacial score (nSPS) is 11.9. The van der Waals surface area contributed by atoms with Crippen molar-refractivity contribution in [3.05, 3.63) is 553 Å². The van der Waals surface area contributed by atoms with Crippen molar-refractivity contribution in [1.82, 2.24) is 34.9 Å².